The number of hydrogen-bond acceptors (Lipinski definition) is 4. The van der Waals surface area contributed by atoms with E-state index < -0.39 is 0 Å². The van der Waals surface area contributed by atoms with Gasteiger partial charge >= 0.3 is 0 Å². The number of thiazole rings is 1. The molecule has 2 heterocycles. The van der Waals surface area contributed by atoms with E-state index in [9.17, 15) is 4.79 Å². The second kappa shape index (κ2) is 6.83. The van der Waals surface area contributed by atoms with Crippen molar-refractivity contribution >= 4 is 40.2 Å². The van der Waals surface area contributed by atoms with Crippen molar-refractivity contribution < 1.29 is 4.79 Å². The van der Waals surface area contributed by atoms with Crippen LogP contribution >= 0.6 is 34.3 Å². The molecule has 3 nitrogen and oxygen atoms in total. The van der Waals surface area contributed by atoms with Crippen LogP contribution in [-0.4, -0.2) is 22.8 Å². The molecular weight excluding hydrogens is 348 g/mol. The molecule has 3 aromatic rings. The van der Waals surface area contributed by atoms with Gasteiger partial charge in [0.05, 0.1) is 10.9 Å². The number of amides is 1. The Kier molecular flexibility index (Phi) is 4.80. The Balaban J connectivity index is 1.78. The van der Waals surface area contributed by atoms with Crippen LogP contribution < -0.4 is 0 Å². The quantitative estimate of drug-likeness (QED) is 0.626. The number of rotatable bonds is 4. The van der Waals surface area contributed by atoms with Gasteiger partial charge in [0.2, 0.25) is 0 Å². The lowest BCUT2D eigenvalue weighted by atomic mass is 10.1. The molecule has 23 heavy (non-hydrogen) atoms. The van der Waals surface area contributed by atoms with E-state index >= 15 is 0 Å². The molecule has 0 bridgehead atoms. The SMILES string of the molecule is CC(c1ccc(Cl)cc1)N(C)C(=O)c1csc(-c2cccs2)n1. The third-order valence-electron chi connectivity index (χ3n) is 3.71. The van der Waals surface area contributed by atoms with E-state index in [0.717, 1.165) is 15.4 Å². The van der Waals surface area contributed by atoms with E-state index in [0.29, 0.717) is 10.7 Å². The summed E-state index contributed by atoms with van der Waals surface area (Å²) < 4.78 is 0. The van der Waals surface area contributed by atoms with Crippen molar-refractivity contribution in [3.63, 3.8) is 0 Å². The number of nitrogens with zero attached hydrogens (tertiary/aromatic N) is 2. The van der Waals surface area contributed by atoms with Gasteiger partial charge in [0.1, 0.15) is 10.7 Å². The molecule has 2 aromatic heterocycles. The van der Waals surface area contributed by atoms with E-state index in [1.54, 1.807) is 23.3 Å². The highest BCUT2D eigenvalue weighted by Crippen LogP contribution is 2.29. The molecule has 0 saturated carbocycles. The van der Waals surface area contributed by atoms with Crippen LogP contribution in [0.5, 0.6) is 0 Å². The van der Waals surface area contributed by atoms with Gasteiger partial charge in [-0.15, -0.1) is 22.7 Å². The molecule has 1 unspecified atom stereocenters. The third-order valence-corrected chi connectivity index (χ3v) is 5.84. The Morgan fingerprint density at radius 1 is 1.22 bits per heavy atom. The number of aromatic nitrogens is 1. The smallest absolute Gasteiger partial charge is 0.273 e. The molecule has 6 heteroatoms. The maximum Gasteiger partial charge on any atom is 0.273 e. The Morgan fingerprint density at radius 2 is 1.96 bits per heavy atom. The van der Waals surface area contributed by atoms with Crippen molar-refractivity contribution in [3.8, 4) is 9.88 Å². The summed E-state index contributed by atoms with van der Waals surface area (Å²) in [6.45, 7) is 1.99. The van der Waals surface area contributed by atoms with Gasteiger partial charge in [0.25, 0.3) is 5.91 Å². The molecule has 0 aliphatic heterocycles. The van der Waals surface area contributed by atoms with Crippen molar-refractivity contribution in [3.05, 3.63) is 63.4 Å². The summed E-state index contributed by atoms with van der Waals surface area (Å²) in [6.07, 6.45) is 0. The average Bonchev–Trinajstić information content (AvgIpc) is 3.24. The lowest BCUT2D eigenvalue weighted by Crippen LogP contribution is -2.29. The average molecular weight is 363 g/mol. The molecule has 0 aliphatic rings. The van der Waals surface area contributed by atoms with Gasteiger partial charge < -0.3 is 4.90 Å². The number of benzene rings is 1. The highest BCUT2D eigenvalue weighted by atomic mass is 35.5. The molecular formula is C17H15ClN2OS2. The molecule has 0 spiro atoms. The summed E-state index contributed by atoms with van der Waals surface area (Å²) in [5, 5.41) is 5.40. The van der Waals surface area contributed by atoms with Crippen molar-refractivity contribution in [2.75, 3.05) is 7.05 Å². The van der Waals surface area contributed by atoms with Gasteiger partial charge in [-0.25, -0.2) is 4.98 Å². The topological polar surface area (TPSA) is 33.2 Å². The Morgan fingerprint density at radius 3 is 2.61 bits per heavy atom. The summed E-state index contributed by atoms with van der Waals surface area (Å²) in [4.78, 5) is 19.9. The zero-order valence-electron chi connectivity index (χ0n) is 12.7. The predicted molar refractivity (Wildman–Crippen MR) is 97.4 cm³/mol. The number of carbonyl (C=O) groups excluding carboxylic acids is 1. The first-order chi connectivity index (χ1) is 11.1. The van der Waals surface area contributed by atoms with Gasteiger partial charge in [0.15, 0.2) is 0 Å². The van der Waals surface area contributed by atoms with Crippen LogP contribution in [0.4, 0.5) is 0 Å². The van der Waals surface area contributed by atoms with Gasteiger partial charge in [-0.3, -0.25) is 4.79 Å². The molecule has 0 aliphatic carbocycles. The van der Waals surface area contributed by atoms with E-state index in [-0.39, 0.29) is 11.9 Å². The van der Waals surface area contributed by atoms with Crippen molar-refractivity contribution in [1.82, 2.24) is 9.88 Å². The fourth-order valence-electron chi connectivity index (χ4n) is 2.21. The predicted octanol–water partition coefficient (Wildman–Crippen LogP) is 5.36. The molecule has 0 radical (unpaired) electrons. The zero-order chi connectivity index (χ0) is 16.4. The maximum atomic E-state index is 12.7. The number of thiophene rings is 1. The van der Waals surface area contributed by atoms with Crippen LogP contribution in [0.25, 0.3) is 9.88 Å². The molecule has 1 amide bonds. The van der Waals surface area contributed by atoms with Crippen LogP contribution in [0.15, 0.2) is 47.2 Å². The Hall–Kier alpha value is -1.69. The highest BCUT2D eigenvalue weighted by molar-refractivity contribution is 7.20. The standard InChI is InChI=1S/C17H15ClN2OS2/c1-11(12-5-7-13(18)8-6-12)20(2)17(21)14-10-23-16(19-14)15-4-3-9-22-15/h3-11H,1-2H3. The fourth-order valence-corrected chi connectivity index (χ4v) is 3.94. The van der Waals surface area contributed by atoms with Crippen molar-refractivity contribution in [2.24, 2.45) is 0 Å². The lowest BCUT2D eigenvalue weighted by Gasteiger charge is -2.24. The summed E-state index contributed by atoms with van der Waals surface area (Å²) in [7, 11) is 1.80. The van der Waals surface area contributed by atoms with Crippen LogP contribution in [0.3, 0.4) is 0 Å². The summed E-state index contributed by atoms with van der Waals surface area (Å²) in [6, 6.07) is 11.5. The minimum absolute atomic E-state index is 0.0494. The van der Waals surface area contributed by atoms with Gasteiger partial charge in [-0.2, -0.15) is 0 Å². The van der Waals surface area contributed by atoms with E-state index in [4.69, 9.17) is 11.6 Å². The van der Waals surface area contributed by atoms with Gasteiger partial charge in [-0.1, -0.05) is 29.8 Å². The largest absolute Gasteiger partial charge is 0.334 e. The van der Waals surface area contributed by atoms with Crippen molar-refractivity contribution in [2.45, 2.75) is 13.0 Å². The van der Waals surface area contributed by atoms with Crippen LogP contribution in [-0.2, 0) is 0 Å². The van der Waals surface area contributed by atoms with Crippen molar-refractivity contribution in [1.29, 1.82) is 0 Å². The summed E-state index contributed by atoms with van der Waals surface area (Å²) in [5.74, 6) is -0.0773. The van der Waals surface area contributed by atoms with E-state index in [2.05, 4.69) is 4.98 Å². The molecule has 3 rings (SSSR count). The normalized spacial score (nSPS) is 12.1. The lowest BCUT2D eigenvalue weighted by molar-refractivity contribution is 0.0737. The highest BCUT2D eigenvalue weighted by Gasteiger charge is 2.21. The number of carbonyl (C=O) groups is 1. The number of halogens is 1. The second-order valence-electron chi connectivity index (χ2n) is 5.16. The van der Waals surface area contributed by atoms with Gasteiger partial charge in [0, 0.05) is 17.5 Å². The molecule has 118 valence electrons. The maximum absolute atomic E-state index is 12.7. The second-order valence-corrected chi connectivity index (χ2v) is 7.40. The minimum atomic E-state index is -0.0773. The summed E-state index contributed by atoms with van der Waals surface area (Å²) >= 11 is 9.04. The van der Waals surface area contributed by atoms with Gasteiger partial charge in [-0.05, 0) is 36.1 Å². The van der Waals surface area contributed by atoms with Crippen LogP contribution in [0.1, 0.15) is 29.0 Å². The Bertz CT molecular complexity index is 796. The molecule has 0 N–H and O–H groups in total. The zero-order valence-corrected chi connectivity index (χ0v) is 15.1. The monoisotopic (exact) mass is 362 g/mol. The Labute approximate surface area is 148 Å². The molecule has 0 fully saturated rings. The third kappa shape index (κ3) is 3.47. The molecule has 1 aromatic carbocycles. The number of hydrogen-bond donors (Lipinski definition) is 0. The summed E-state index contributed by atoms with van der Waals surface area (Å²) in [5.41, 5.74) is 1.53. The minimum Gasteiger partial charge on any atom is -0.334 e. The van der Waals surface area contributed by atoms with Crippen LogP contribution in [0.2, 0.25) is 5.02 Å². The molecule has 0 saturated heterocycles. The van der Waals surface area contributed by atoms with E-state index in [1.165, 1.54) is 11.3 Å². The first-order valence-electron chi connectivity index (χ1n) is 7.08. The molecule has 1 atom stereocenters. The van der Waals surface area contributed by atoms with Crippen LogP contribution in [0, 0.1) is 0 Å². The first-order valence-corrected chi connectivity index (χ1v) is 9.22. The van der Waals surface area contributed by atoms with E-state index in [1.807, 2.05) is 54.1 Å². The first kappa shape index (κ1) is 16.2. The fraction of sp³-hybridized carbons (Fsp3) is 0.176.